The molecule has 3 unspecified atom stereocenters. The Balaban J connectivity index is 1.73. The lowest BCUT2D eigenvalue weighted by Crippen LogP contribution is -2.51. The summed E-state index contributed by atoms with van der Waals surface area (Å²) < 4.78 is 0. The molecule has 2 saturated carbocycles. The summed E-state index contributed by atoms with van der Waals surface area (Å²) in [5, 5.41) is 20.5. The van der Waals surface area contributed by atoms with Crippen LogP contribution >= 0.6 is 0 Å². The summed E-state index contributed by atoms with van der Waals surface area (Å²) in [7, 11) is 0. The van der Waals surface area contributed by atoms with Gasteiger partial charge in [-0.25, -0.2) is 0 Å². The summed E-state index contributed by atoms with van der Waals surface area (Å²) in [6.45, 7) is 3.52. The van der Waals surface area contributed by atoms with Crippen molar-refractivity contribution in [3.05, 3.63) is 35.5 Å². The van der Waals surface area contributed by atoms with E-state index in [1.807, 2.05) is 13.0 Å². The third kappa shape index (κ3) is 2.13. The maximum absolute atomic E-state index is 12.3. The Hall–Kier alpha value is -1.52. The van der Waals surface area contributed by atoms with Crippen LogP contribution in [0.3, 0.4) is 0 Å². The number of carbonyl (C=O) groups is 2. The minimum absolute atomic E-state index is 0.0672. The molecule has 0 aromatic heterocycles. The SMILES string of the molecule is C[C@@H]1CC2C3CCC4=CC(=O)C=C[C@]4(C)C3=CCC2[C@@]1(O)C(=O)CO. The first-order chi connectivity index (χ1) is 11.8. The summed E-state index contributed by atoms with van der Waals surface area (Å²) in [5.74, 6) is -0.0169. The molecule has 0 heterocycles. The van der Waals surface area contributed by atoms with Crippen LogP contribution in [0.1, 0.15) is 39.5 Å². The van der Waals surface area contributed by atoms with Gasteiger partial charge in [-0.05, 0) is 62.5 Å². The molecule has 134 valence electrons. The zero-order valence-corrected chi connectivity index (χ0v) is 14.9. The molecule has 6 atom stereocenters. The minimum atomic E-state index is -1.41. The molecular formula is C21H26O4. The van der Waals surface area contributed by atoms with Crippen LogP contribution in [0.15, 0.2) is 35.5 Å². The number of fused-ring (bicyclic) bond motifs is 5. The Morgan fingerprint density at radius 2 is 2.16 bits per heavy atom. The van der Waals surface area contributed by atoms with E-state index in [0.717, 1.165) is 19.3 Å². The molecule has 0 spiro atoms. The van der Waals surface area contributed by atoms with Crippen LogP contribution in [-0.2, 0) is 9.59 Å². The lowest BCUT2D eigenvalue weighted by molar-refractivity contribution is -0.150. The van der Waals surface area contributed by atoms with Gasteiger partial charge in [0.15, 0.2) is 11.6 Å². The van der Waals surface area contributed by atoms with E-state index in [2.05, 4.69) is 13.0 Å². The molecular weight excluding hydrogens is 316 g/mol. The van der Waals surface area contributed by atoms with Crippen LogP contribution in [0, 0.1) is 29.1 Å². The molecule has 0 radical (unpaired) electrons. The third-order valence-electron chi connectivity index (χ3n) is 7.45. The zero-order chi connectivity index (χ0) is 18.0. The van der Waals surface area contributed by atoms with E-state index < -0.39 is 18.0 Å². The van der Waals surface area contributed by atoms with Crippen molar-refractivity contribution in [1.29, 1.82) is 0 Å². The summed E-state index contributed by atoms with van der Waals surface area (Å²) in [5.41, 5.74) is 0.931. The highest BCUT2D eigenvalue weighted by Gasteiger charge is 2.60. The van der Waals surface area contributed by atoms with Crippen molar-refractivity contribution in [2.45, 2.75) is 45.1 Å². The molecule has 0 bridgehead atoms. The topological polar surface area (TPSA) is 74.6 Å². The van der Waals surface area contributed by atoms with Crippen molar-refractivity contribution >= 4 is 11.6 Å². The average molecular weight is 342 g/mol. The fraction of sp³-hybridized carbons (Fsp3) is 0.619. The van der Waals surface area contributed by atoms with Crippen molar-refractivity contribution in [1.82, 2.24) is 0 Å². The van der Waals surface area contributed by atoms with Crippen LogP contribution in [0.2, 0.25) is 0 Å². The van der Waals surface area contributed by atoms with E-state index in [1.54, 1.807) is 12.2 Å². The lowest BCUT2D eigenvalue weighted by Gasteiger charge is -2.49. The summed E-state index contributed by atoms with van der Waals surface area (Å²) in [6, 6.07) is 0. The van der Waals surface area contributed by atoms with Gasteiger partial charge in [-0.1, -0.05) is 30.2 Å². The Morgan fingerprint density at radius 3 is 2.88 bits per heavy atom. The van der Waals surface area contributed by atoms with Gasteiger partial charge in [-0.3, -0.25) is 9.59 Å². The number of hydrogen-bond donors (Lipinski definition) is 2. The molecule has 0 aromatic rings. The lowest BCUT2D eigenvalue weighted by atomic mass is 9.55. The van der Waals surface area contributed by atoms with Gasteiger partial charge in [-0.15, -0.1) is 0 Å². The largest absolute Gasteiger partial charge is 0.388 e. The molecule has 4 aliphatic rings. The maximum Gasteiger partial charge on any atom is 0.190 e. The van der Waals surface area contributed by atoms with Crippen molar-refractivity contribution in [2.24, 2.45) is 29.1 Å². The van der Waals surface area contributed by atoms with Crippen molar-refractivity contribution in [3.63, 3.8) is 0 Å². The van der Waals surface area contributed by atoms with E-state index >= 15 is 0 Å². The third-order valence-corrected chi connectivity index (χ3v) is 7.45. The van der Waals surface area contributed by atoms with E-state index in [1.165, 1.54) is 11.1 Å². The van der Waals surface area contributed by atoms with Gasteiger partial charge in [-0.2, -0.15) is 0 Å². The second kappa shape index (κ2) is 5.49. The van der Waals surface area contributed by atoms with Gasteiger partial charge in [0.1, 0.15) is 12.2 Å². The van der Waals surface area contributed by atoms with E-state index in [0.29, 0.717) is 12.3 Å². The van der Waals surface area contributed by atoms with Crippen molar-refractivity contribution in [2.75, 3.05) is 6.61 Å². The number of rotatable bonds is 2. The number of aliphatic hydroxyl groups is 2. The van der Waals surface area contributed by atoms with Gasteiger partial charge < -0.3 is 10.2 Å². The van der Waals surface area contributed by atoms with E-state index in [-0.39, 0.29) is 29.0 Å². The molecule has 25 heavy (non-hydrogen) atoms. The van der Waals surface area contributed by atoms with Crippen LogP contribution in [0.25, 0.3) is 0 Å². The molecule has 4 nitrogen and oxygen atoms in total. The number of hydrogen-bond acceptors (Lipinski definition) is 4. The zero-order valence-electron chi connectivity index (χ0n) is 14.9. The molecule has 0 saturated heterocycles. The molecule has 4 heteroatoms. The summed E-state index contributed by atoms with van der Waals surface area (Å²) >= 11 is 0. The highest BCUT2D eigenvalue weighted by molar-refractivity contribution is 6.01. The molecule has 0 amide bonds. The second-order valence-corrected chi connectivity index (χ2v) is 8.46. The Bertz CT molecular complexity index is 730. The normalized spacial score (nSPS) is 45.2. The number of allylic oxidation sites excluding steroid dienone is 6. The summed E-state index contributed by atoms with van der Waals surface area (Å²) in [4.78, 5) is 24.1. The monoisotopic (exact) mass is 342 g/mol. The van der Waals surface area contributed by atoms with E-state index in [9.17, 15) is 19.8 Å². The van der Waals surface area contributed by atoms with Gasteiger partial charge in [0.2, 0.25) is 0 Å². The smallest absolute Gasteiger partial charge is 0.190 e. The molecule has 0 aromatic carbocycles. The molecule has 4 aliphatic carbocycles. The predicted molar refractivity (Wildman–Crippen MR) is 93.6 cm³/mol. The van der Waals surface area contributed by atoms with Crippen molar-refractivity contribution < 1.29 is 19.8 Å². The quantitative estimate of drug-likeness (QED) is 0.756. The first-order valence-corrected chi connectivity index (χ1v) is 9.33. The van der Waals surface area contributed by atoms with Crippen LogP contribution in [0.4, 0.5) is 0 Å². The maximum atomic E-state index is 12.3. The fourth-order valence-corrected chi connectivity index (χ4v) is 6.10. The minimum Gasteiger partial charge on any atom is -0.388 e. The number of carbonyl (C=O) groups excluding carboxylic acids is 2. The Labute approximate surface area is 148 Å². The highest BCUT2D eigenvalue weighted by Crippen LogP contribution is 2.61. The summed E-state index contributed by atoms with van der Waals surface area (Å²) in [6.07, 6.45) is 11.0. The number of aliphatic hydroxyl groups excluding tert-OH is 1. The predicted octanol–water partition coefficient (Wildman–Crippen LogP) is 2.36. The molecule has 2 N–H and O–H groups in total. The Morgan fingerprint density at radius 1 is 1.40 bits per heavy atom. The first kappa shape index (κ1) is 16.9. The standard InChI is InChI=1S/C21H26O4/c1-12-9-16-15-4-3-13-10-14(23)7-8-20(13,2)17(15)5-6-18(16)21(12,25)19(24)11-22/h5,7-8,10,12,15-16,18,22,25H,3-4,6,9,11H2,1-2H3/t12-,15?,16?,18?,20+,21-/m1/s1. The number of Topliss-reactive ketones (excluding diaryl/α,β-unsaturated/α-hetero) is 1. The van der Waals surface area contributed by atoms with Gasteiger partial charge >= 0.3 is 0 Å². The number of ketones is 2. The van der Waals surface area contributed by atoms with Crippen LogP contribution in [0.5, 0.6) is 0 Å². The van der Waals surface area contributed by atoms with Gasteiger partial charge in [0, 0.05) is 11.3 Å². The average Bonchev–Trinajstić information content (AvgIpc) is 2.87. The molecule has 2 fully saturated rings. The van der Waals surface area contributed by atoms with Crippen molar-refractivity contribution in [3.8, 4) is 0 Å². The fourth-order valence-electron chi connectivity index (χ4n) is 6.10. The van der Waals surface area contributed by atoms with Gasteiger partial charge in [0.05, 0.1) is 0 Å². The Kier molecular flexibility index (Phi) is 3.71. The van der Waals surface area contributed by atoms with Gasteiger partial charge in [0.25, 0.3) is 0 Å². The highest BCUT2D eigenvalue weighted by atomic mass is 16.3. The second-order valence-electron chi connectivity index (χ2n) is 8.46. The van der Waals surface area contributed by atoms with Crippen LogP contribution < -0.4 is 0 Å². The first-order valence-electron chi connectivity index (χ1n) is 9.33. The molecule has 0 aliphatic heterocycles. The van der Waals surface area contributed by atoms with Crippen LogP contribution in [-0.4, -0.2) is 34.0 Å². The van der Waals surface area contributed by atoms with E-state index in [4.69, 9.17) is 0 Å². The molecule has 4 rings (SSSR count).